The van der Waals surface area contributed by atoms with Crippen LogP contribution in [0.5, 0.6) is 0 Å². The van der Waals surface area contributed by atoms with E-state index < -0.39 is 35.0 Å². The Kier molecular flexibility index (Phi) is 34.0. The van der Waals surface area contributed by atoms with Gasteiger partial charge >= 0.3 is 29.8 Å². The smallest absolute Gasteiger partial charge is 0.302 e. The van der Waals surface area contributed by atoms with E-state index >= 15 is 0 Å². The predicted octanol–water partition coefficient (Wildman–Crippen LogP) is 20.5. The Balaban J connectivity index is 0.000000129. The Morgan fingerprint density at radius 3 is 0.847 bits per heavy atom. The molecular formula is C116H190N4O24. The van der Waals surface area contributed by atoms with Crippen molar-refractivity contribution in [3.8, 4) is 0 Å². The average molecular weight is 2020 g/mol. The van der Waals surface area contributed by atoms with Gasteiger partial charge in [0.05, 0.1) is 78.8 Å². The fourth-order valence-corrected chi connectivity index (χ4v) is 37.5. The van der Waals surface area contributed by atoms with Gasteiger partial charge in [-0.3, -0.25) is 24.0 Å². The molecule has 5 aliphatic heterocycles. The lowest BCUT2D eigenvalue weighted by Crippen LogP contribution is -2.59. The molecule has 0 radical (unpaired) electrons. The van der Waals surface area contributed by atoms with Crippen molar-refractivity contribution in [1.82, 2.24) is 0 Å². The molecule has 5 spiro atoms. The number of hydrogen-bond donors (Lipinski definition) is 4. The Hall–Kier alpha value is -4.23. The molecule has 0 bridgehead atoms. The summed E-state index contributed by atoms with van der Waals surface area (Å²) in [5, 5.41) is 34.7. The van der Waals surface area contributed by atoms with Crippen molar-refractivity contribution in [2.24, 2.45) is 183 Å². The Labute approximate surface area is 861 Å². The van der Waals surface area contributed by atoms with Gasteiger partial charge in [-0.05, 0) is 253 Å². The molecule has 20 rings (SSSR count). The van der Waals surface area contributed by atoms with Gasteiger partial charge in [0.2, 0.25) is 0 Å². The first-order valence-electron chi connectivity index (χ1n) is 57.5. The van der Waals surface area contributed by atoms with Gasteiger partial charge in [0, 0.05) is 177 Å². The van der Waals surface area contributed by atoms with Crippen molar-refractivity contribution in [3.05, 3.63) is 10.4 Å². The number of hydrogen-bond acceptors (Lipinski definition) is 26. The number of aliphatic hydroxyl groups is 3. The molecule has 15 aliphatic carbocycles. The van der Waals surface area contributed by atoms with E-state index in [1.54, 1.807) is 6.92 Å². The molecule has 28 heteroatoms. The minimum Gasteiger partial charge on any atom is -0.462 e. The van der Waals surface area contributed by atoms with E-state index in [-0.39, 0.29) is 193 Å². The maximum absolute atomic E-state index is 12.2. The maximum Gasteiger partial charge on any atom is 0.302 e. The first-order valence-corrected chi connectivity index (χ1v) is 57.5. The summed E-state index contributed by atoms with van der Waals surface area (Å²) < 4.78 is 92.4. The van der Waals surface area contributed by atoms with E-state index in [0.29, 0.717) is 120 Å². The second-order valence-electron chi connectivity index (χ2n) is 53.1. The van der Waals surface area contributed by atoms with E-state index in [0.717, 1.165) is 205 Å². The van der Waals surface area contributed by atoms with Crippen LogP contribution in [0.25, 0.3) is 10.4 Å². The molecule has 0 aromatic heterocycles. The highest BCUT2D eigenvalue weighted by Crippen LogP contribution is 2.73. The van der Waals surface area contributed by atoms with Crippen LogP contribution < -0.4 is 5.73 Å². The molecule has 5 N–H and O–H groups in total. The van der Waals surface area contributed by atoms with E-state index in [1.165, 1.54) is 66.1 Å². The van der Waals surface area contributed by atoms with Crippen molar-refractivity contribution < 1.29 is 115 Å². The first kappa shape index (κ1) is 112. The molecule has 818 valence electrons. The van der Waals surface area contributed by atoms with Crippen LogP contribution in [-0.4, -0.2) is 209 Å². The highest BCUT2D eigenvalue weighted by atomic mass is 16.8. The van der Waals surface area contributed by atoms with Crippen LogP contribution in [0.2, 0.25) is 0 Å². The molecule has 0 aromatic rings. The lowest BCUT2D eigenvalue weighted by Gasteiger charge is -2.58. The molecule has 20 aliphatic rings. The highest BCUT2D eigenvalue weighted by Gasteiger charge is 2.75. The van der Waals surface area contributed by atoms with Crippen molar-refractivity contribution in [1.29, 1.82) is 0 Å². The minimum atomic E-state index is -0.736. The van der Waals surface area contributed by atoms with Gasteiger partial charge in [-0.25, -0.2) is 0 Å². The van der Waals surface area contributed by atoms with E-state index in [2.05, 4.69) is 114 Å². The topological polar surface area (TPSA) is 376 Å². The number of aliphatic hydroxyl groups excluding tert-OH is 3. The van der Waals surface area contributed by atoms with Gasteiger partial charge in [0.25, 0.3) is 0 Å². The predicted molar refractivity (Wildman–Crippen MR) is 541 cm³/mol. The van der Waals surface area contributed by atoms with E-state index in [9.17, 15) is 44.1 Å². The van der Waals surface area contributed by atoms with Gasteiger partial charge in [0.15, 0.2) is 28.9 Å². The number of ether oxygens (including phenoxy) is 15. The SMILES string of the molecule is CC(=O)O[C@H]1C2CCC3(OCCO3)[C@@]2(C)CCC1[C@@]1(C)CC[C@H](C)C[C@@H]1C(O)CO.CC(=O)O[C@H]1C2CCC3(OCCO3)[C@@]2(C)CCC1[C@@]1(C)CC[C@H](C)C[C@@H]1C=O.CC(=O)O[C@H]1C2CCC3(OCCO3)[C@@]2(C)CCC1[C@@]1(C)CC[C@H](C)C[C@@H]1CN.CC(=O)O[C@H]1C2CCC3(OCCO3)[C@@]2(C)CCC1[C@@]1(C)CC[C@H](C)C[C@@H]1CN=[N+]=[N-].CC(=O)O[C@H]1C2CCC3(OCCO3)[C@@]2(C)CCC1[C@@]1(C)CC[C@H](C)C[C@@H]1CO. The third kappa shape index (κ3) is 19.7. The zero-order valence-corrected chi connectivity index (χ0v) is 92.1. The minimum absolute atomic E-state index is 0.00467. The zero-order valence-electron chi connectivity index (χ0n) is 92.1. The fourth-order valence-electron chi connectivity index (χ4n) is 37.5. The van der Waals surface area contributed by atoms with Crippen molar-refractivity contribution in [2.45, 2.75) is 429 Å². The molecule has 36 atom stereocenters. The second kappa shape index (κ2) is 43.6. The highest BCUT2D eigenvalue weighted by molar-refractivity contribution is 5.68. The largest absolute Gasteiger partial charge is 0.462 e. The van der Waals surface area contributed by atoms with Gasteiger partial charge in [0.1, 0.15) is 36.8 Å². The van der Waals surface area contributed by atoms with Crippen molar-refractivity contribution in [2.75, 3.05) is 92.4 Å². The van der Waals surface area contributed by atoms with Crippen LogP contribution in [0, 0.1) is 173 Å². The standard InChI is InChI=1S/C24H40O6.C23H37N3O4.C23H39NO4.C23H38O5.C23H36O5/c1-15-5-8-22(3,19(13-15)20(27)14-25)17-6-9-23(4)18(21(17)30-16(2)26)7-10-24(23)28-11-12-29-24;1-15-5-8-21(3,17(13-15)14-25-26-24)18-6-9-22(4)19(20(18)30-16(2)27)7-10-23(22)28-11-12-29-23;3*1-15-5-8-21(3,17(13-15)14-24)18-6-9-22(4)19(20(18)28-16(2)25)7-10-23(22)26-11-12-27-23/h15,17-21,25,27H,5-14H2,1-4H3;15,17-20H,5-14H2,1-4H3;15,17-20H,5-14,24H2,1-4H3;15,17-20,24H,5-14H2,1-4H3;14-15,17-20H,5-13H2,1-4H3/t15-,17?,18?,19+,20?,21+,22+,23-;4*15-,17+,18?,19?,20+,21-,22-/m00000/s1. The van der Waals surface area contributed by atoms with Crippen LogP contribution >= 0.6 is 0 Å². The zero-order chi connectivity index (χ0) is 104. The normalized spacial score (nSPS) is 46.9. The van der Waals surface area contributed by atoms with Crippen LogP contribution in [0.3, 0.4) is 0 Å². The molecule has 5 saturated heterocycles. The summed E-state index contributed by atoms with van der Waals surface area (Å²) in [6.07, 6.45) is 35.3. The Morgan fingerprint density at radius 2 is 0.576 bits per heavy atom. The molecule has 11 unspecified atom stereocenters. The summed E-state index contributed by atoms with van der Waals surface area (Å²) in [7, 11) is 0. The summed E-state index contributed by atoms with van der Waals surface area (Å²) in [6.45, 7) is 49.9. The van der Waals surface area contributed by atoms with Gasteiger partial charge in [-0.1, -0.05) is 141 Å². The van der Waals surface area contributed by atoms with Crippen molar-refractivity contribution >= 4 is 36.1 Å². The molecule has 20 fully saturated rings. The Morgan fingerprint density at radius 1 is 0.340 bits per heavy atom. The fraction of sp³-hybridized carbons (Fsp3) is 0.948. The Bertz CT molecular complexity index is 4360. The summed E-state index contributed by atoms with van der Waals surface area (Å²) in [5.41, 5.74) is 14.4. The molecule has 144 heavy (non-hydrogen) atoms. The van der Waals surface area contributed by atoms with Crippen LogP contribution in [0.15, 0.2) is 5.11 Å². The van der Waals surface area contributed by atoms with Crippen LogP contribution in [0.4, 0.5) is 0 Å². The summed E-state index contributed by atoms with van der Waals surface area (Å²) in [4.78, 5) is 75.9. The molecule has 5 heterocycles. The average Bonchev–Trinajstić information content (AvgIpc) is 1.58. The summed E-state index contributed by atoms with van der Waals surface area (Å²) >= 11 is 0. The van der Waals surface area contributed by atoms with Crippen LogP contribution in [0.1, 0.15) is 363 Å². The van der Waals surface area contributed by atoms with E-state index in [1.807, 2.05) is 0 Å². The van der Waals surface area contributed by atoms with Gasteiger partial charge < -0.3 is 96.9 Å². The molecular weight excluding hydrogens is 1830 g/mol. The number of nitrogens with zero attached hydrogens (tertiary/aromatic N) is 3. The third-order valence-electron chi connectivity index (χ3n) is 46.1. The number of carbonyl (C=O) groups excluding carboxylic acids is 6. The molecule has 0 aromatic carbocycles. The maximum atomic E-state index is 12.2. The number of nitrogens with two attached hydrogens (primary N) is 1. The lowest BCUT2D eigenvalue weighted by atomic mass is 9.50. The number of esters is 5. The monoisotopic (exact) mass is 2020 g/mol. The number of fused-ring (bicyclic) bond motifs is 10. The molecule has 15 saturated carbocycles. The molecule has 28 nitrogen and oxygen atoms in total. The summed E-state index contributed by atoms with van der Waals surface area (Å²) in [5.74, 6) is 3.17. The van der Waals surface area contributed by atoms with Crippen LogP contribution in [-0.2, 0) is 99.8 Å². The second-order valence-corrected chi connectivity index (χ2v) is 53.1. The lowest BCUT2D eigenvalue weighted by molar-refractivity contribution is -0.253. The quantitative estimate of drug-likeness (QED) is 0.0262. The summed E-state index contributed by atoms with van der Waals surface area (Å²) in [6, 6.07) is 0. The van der Waals surface area contributed by atoms with Gasteiger partial charge in [-0.15, -0.1) is 0 Å². The number of aldehydes is 1. The first-order chi connectivity index (χ1) is 68.2. The van der Waals surface area contributed by atoms with Crippen molar-refractivity contribution in [3.63, 3.8) is 0 Å². The number of rotatable bonds is 17. The van der Waals surface area contributed by atoms with Gasteiger partial charge in [-0.2, -0.15) is 0 Å². The molecule has 0 amide bonds. The number of azide groups is 1. The van der Waals surface area contributed by atoms with E-state index in [4.69, 9.17) is 82.3 Å². The third-order valence-corrected chi connectivity index (χ3v) is 46.1. The number of carbonyl (C=O) groups is 6.